The van der Waals surface area contributed by atoms with E-state index in [1.54, 1.807) is 0 Å². The van der Waals surface area contributed by atoms with E-state index in [2.05, 4.69) is 9.97 Å². The molecular formula is C11H10N2O2S2. The summed E-state index contributed by atoms with van der Waals surface area (Å²) in [5.41, 5.74) is 1.70. The van der Waals surface area contributed by atoms with E-state index in [0.717, 1.165) is 34.2 Å². The summed E-state index contributed by atoms with van der Waals surface area (Å²) in [6.07, 6.45) is 2.11. The van der Waals surface area contributed by atoms with Crippen LogP contribution in [0.5, 0.6) is 0 Å². The average Bonchev–Trinajstić information content (AvgIpc) is 2.87. The van der Waals surface area contributed by atoms with Crippen molar-refractivity contribution < 1.29 is 9.90 Å². The SMILES string of the molecule is Cc1csc(-c2nc(C3CC3)c(C(=O)O)s2)n1. The minimum atomic E-state index is -0.871. The Morgan fingerprint density at radius 2 is 2.18 bits per heavy atom. The van der Waals surface area contributed by atoms with E-state index in [-0.39, 0.29) is 0 Å². The minimum Gasteiger partial charge on any atom is -0.477 e. The number of nitrogens with zero attached hydrogens (tertiary/aromatic N) is 2. The van der Waals surface area contributed by atoms with Gasteiger partial charge in [0.15, 0.2) is 10.0 Å². The average molecular weight is 266 g/mol. The molecule has 0 saturated heterocycles. The van der Waals surface area contributed by atoms with Gasteiger partial charge in [-0.25, -0.2) is 14.8 Å². The van der Waals surface area contributed by atoms with Crippen LogP contribution in [0.25, 0.3) is 10.0 Å². The van der Waals surface area contributed by atoms with E-state index in [0.29, 0.717) is 10.8 Å². The third-order valence-corrected chi connectivity index (χ3v) is 4.78. The Labute approximate surface area is 106 Å². The Hall–Kier alpha value is -1.27. The molecular weight excluding hydrogens is 256 g/mol. The normalized spacial score (nSPS) is 15.1. The van der Waals surface area contributed by atoms with Crippen LogP contribution in [-0.2, 0) is 0 Å². The van der Waals surface area contributed by atoms with Crippen molar-refractivity contribution in [1.82, 2.24) is 9.97 Å². The van der Waals surface area contributed by atoms with E-state index in [1.807, 2.05) is 12.3 Å². The lowest BCUT2D eigenvalue weighted by Gasteiger charge is -1.91. The van der Waals surface area contributed by atoms with Gasteiger partial charge in [0.25, 0.3) is 0 Å². The molecule has 6 heteroatoms. The van der Waals surface area contributed by atoms with Crippen molar-refractivity contribution in [3.63, 3.8) is 0 Å². The van der Waals surface area contributed by atoms with E-state index < -0.39 is 5.97 Å². The van der Waals surface area contributed by atoms with Gasteiger partial charge in [-0.2, -0.15) is 0 Å². The van der Waals surface area contributed by atoms with Crippen LogP contribution < -0.4 is 0 Å². The number of rotatable bonds is 3. The Morgan fingerprint density at radius 1 is 1.41 bits per heavy atom. The summed E-state index contributed by atoms with van der Waals surface area (Å²) in [4.78, 5) is 20.4. The Morgan fingerprint density at radius 3 is 2.71 bits per heavy atom. The number of thiazole rings is 2. The van der Waals surface area contributed by atoms with Gasteiger partial charge in [0.2, 0.25) is 0 Å². The van der Waals surface area contributed by atoms with Crippen LogP contribution in [-0.4, -0.2) is 21.0 Å². The van der Waals surface area contributed by atoms with E-state index >= 15 is 0 Å². The molecule has 3 rings (SSSR count). The molecule has 0 radical (unpaired) electrons. The molecule has 1 aliphatic carbocycles. The number of carbonyl (C=O) groups is 1. The summed E-state index contributed by atoms with van der Waals surface area (Å²) < 4.78 is 0. The van der Waals surface area contributed by atoms with Gasteiger partial charge < -0.3 is 5.11 Å². The fourth-order valence-corrected chi connectivity index (χ4v) is 3.48. The molecule has 0 aliphatic heterocycles. The largest absolute Gasteiger partial charge is 0.477 e. The topological polar surface area (TPSA) is 63.1 Å². The highest BCUT2D eigenvalue weighted by Crippen LogP contribution is 2.44. The Kier molecular flexibility index (Phi) is 2.48. The highest BCUT2D eigenvalue weighted by molar-refractivity contribution is 7.21. The summed E-state index contributed by atoms with van der Waals surface area (Å²) in [6, 6.07) is 0. The first kappa shape index (κ1) is 10.9. The maximum atomic E-state index is 11.2. The number of aromatic carboxylic acids is 1. The summed E-state index contributed by atoms with van der Waals surface area (Å²) >= 11 is 2.75. The van der Waals surface area contributed by atoms with Crippen LogP contribution in [0, 0.1) is 6.92 Å². The van der Waals surface area contributed by atoms with Crippen molar-refractivity contribution in [2.75, 3.05) is 0 Å². The van der Waals surface area contributed by atoms with Crippen LogP contribution in [0.1, 0.15) is 39.8 Å². The van der Waals surface area contributed by atoms with Crippen molar-refractivity contribution in [2.24, 2.45) is 0 Å². The lowest BCUT2D eigenvalue weighted by atomic mass is 10.2. The zero-order chi connectivity index (χ0) is 12.0. The molecule has 1 N–H and O–H groups in total. The molecule has 17 heavy (non-hydrogen) atoms. The third kappa shape index (κ3) is 1.98. The quantitative estimate of drug-likeness (QED) is 0.927. The molecule has 88 valence electrons. The first-order chi connectivity index (χ1) is 8.15. The number of aromatic nitrogens is 2. The molecule has 0 bridgehead atoms. The van der Waals surface area contributed by atoms with Crippen molar-refractivity contribution >= 4 is 28.6 Å². The first-order valence-corrected chi connectivity index (χ1v) is 7.01. The Balaban J connectivity index is 2.06. The second-order valence-corrected chi connectivity index (χ2v) is 5.96. The minimum absolute atomic E-state index is 0.354. The standard InChI is InChI=1S/C11H10N2O2S2/c1-5-4-16-9(12-5)10-13-7(6-2-3-6)8(17-10)11(14)15/h4,6H,2-3H2,1H3,(H,14,15). The zero-order valence-corrected chi connectivity index (χ0v) is 10.8. The predicted molar refractivity (Wildman–Crippen MR) is 66.9 cm³/mol. The molecule has 0 aromatic carbocycles. The molecule has 0 spiro atoms. The van der Waals surface area contributed by atoms with E-state index in [4.69, 9.17) is 5.11 Å². The highest BCUT2D eigenvalue weighted by Gasteiger charge is 2.32. The molecule has 1 saturated carbocycles. The van der Waals surface area contributed by atoms with Crippen LogP contribution >= 0.6 is 22.7 Å². The second kappa shape index (κ2) is 3.89. The van der Waals surface area contributed by atoms with Crippen molar-refractivity contribution in [2.45, 2.75) is 25.7 Å². The first-order valence-electron chi connectivity index (χ1n) is 5.31. The highest BCUT2D eigenvalue weighted by atomic mass is 32.1. The van der Waals surface area contributed by atoms with Crippen LogP contribution in [0.4, 0.5) is 0 Å². The molecule has 2 aromatic heterocycles. The van der Waals surface area contributed by atoms with Gasteiger partial charge in [0, 0.05) is 17.0 Å². The Bertz CT molecular complexity index is 584. The lowest BCUT2D eigenvalue weighted by Crippen LogP contribution is -1.97. The fourth-order valence-electron chi connectivity index (χ4n) is 1.66. The van der Waals surface area contributed by atoms with Gasteiger partial charge in [-0.3, -0.25) is 0 Å². The number of aryl methyl sites for hydroxylation is 1. The number of hydrogen-bond donors (Lipinski definition) is 1. The number of carboxylic acids is 1. The molecule has 0 atom stereocenters. The van der Waals surface area contributed by atoms with Gasteiger partial charge in [-0.15, -0.1) is 22.7 Å². The predicted octanol–water partition coefficient (Wildman–Crippen LogP) is 3.15. The molecule has 1 fully saturated rings. The zero-order valence-electron chi connectivity index (χ0n) is 9.14. The second-order valence-electron chi connectivity index (χ2n) is 4.11. The summed E-state index contributed by atoms with van der Waals surface area (Å²) in [5, 5.41) is 12.7. The summed E-state index contributed by atoms with van der Waals surface area (Å²) in [5.74, 6) is -0.518. The van der Waals surface area contributed by atoms with E-state index in [9.17, 15) is 4.79 Å². The fraction of sp³-hybridized carbons (Fsp3) is 0.364. The lowest BCUT2D eigenvalue weighted by molar-refractivity contribution is 0.0700. The summed E-state index contributed by atoms with van der Waals surface area (Å²) in [7, 11) is 0. The maximum Gasteiger partial charge on any atom is 0.347 e. The maximum absolute atomic E-state index is 11.2. The van der Waals surface area contributed by atoms with Crippen LogP contribution in [0.15, 0.2) is 5.38 Å². The van der Waals surface area contributed by atoms with Crippen molar-refractivity contribution in [1.29, 1.82) is 0 Å². The van der Waals surface area contributed by atoms with Crippen molar-refractivity contribution in [3.05, 3.63) is 21.6 Å². The van der Waals surface area contributed by atoms with Gasteiger partial charge in [-0.05, 0) is 19.8 Å². The number of carboxylic acid groups (broad SMARTS) is 1. The monoisotopic (exact) mass is 266 g/mol. The molecule has 0 amide bonds. The van der Waals surface area contributed by atoms with Crippen LogP contribution in [0.3, 0.4) is 0 Å². The molecule has 4 nitrogen and oxygen atoms in total. The number of hydrogen-bond acceptors (Lipinski definition) is 5. The van der Waals surface area contributed by atoms with Gasteiger partial charge >= 0.3 is 5.97 Å². The molecule has 1 aliphatic rings. The van der Waals surface area contributed by atoms with Gasteiger partial charge in [0.05, 0.1) is 5.69 Å². The smallest absolute Gasteiger partial charge is 0.347 e. The molecule has 0 unspecified atom stereocenters. The summed E-state index contributed by atoms with van der Waals surface area (Å²) in [6.45, 7) is 1.92. The molecule has 2 aromatic rings. The molecule has 2 heterocycles. The van der Waals surface area contributed by atoms with Crippen LogP contribution in [0.2, 0.25) is 0 Å². The van der Waals surface area contributed by atoms with Crippen molar-refractivity contribution in [3.8, 4) is 10.0 Å². The third-order valence-electron chi connectivity index (χ3n) is 2.61. The van der Waals surface area contributed by atoms with E-state index in [1.165, 1.54) is 22.7 Å². The van der Waals surface area contributed by atoms with Gasteiger partial charge in [0.1, 0.15) is 4.88 Å². The van der Waals surface area contributed by atoms with Gasteiger partial charge in [-0.1, -0.05) is 0 Å².